The largest absolute Gasteiger partial charge is 0.497 e. The maximum absolute atomic E-state index is 11.9. The molecule has 4 rings (SSSR count). The van der Waals surface area contributed by atoms with Crippen LogP contribution in [0.1, 0.15) is 36.6 Å². The fourth-order valence-corrected chi connectivity index (χ4v) is 4.77. The van der Waals surface area contributed by atoms with Crippen molar-refractivity contribution in [2.45, 2.75) is 31.7 Å². The highest BCUT2D eigenvalue weighted by atomic mass is 79.9. The Hall–Kier alpha value is -2.81. The molecule has 8 nitrogen and oxygen atoms in total. The van der Waals surface area contributed by atoms with Gasteiger partial charge >= 0.3 is 5.97 Å². The van der Waals surface area contributed by atoms with Crippen LogP contribution in [0.5, 0.6) is 11.5 Å². The number of carbonyl (C=O) groups excluding carboxylic acids is 1. The molecule has 164 valence electrons. The van der Waals surface area contributed by atoms with E-state index < -0.39 is 0 Å². The molecular weight excluding hydrogens is 464 g/mol. The number of hydrogen-bond donors (Lipinski definition) is 1. The number of hydrogen-bond acceptors (Lipinski definition) is 7. The maximum Gasteiger partial charge on any atom is 0.308 e. The summed E-state index contributed by atoms with van der Waals surface area (Å²) in [4.78, 5) is 21.2. The summed E-state index contributed by atoms with van der Waals surface area (Å²) in [5, 5.41) is 3.40. The van der Waals surface area contributed by atoms with Crippen LogP contribution < -0.4 is 14.8 Å². The molecule has 1 fully saturated rings. The van der Waals surface area contributed by atoms with Gasteiger partial charge in [0.25, 0.3) is 0 Å². The number of fused-ring (bicyclic) bond motifs is 1. The highest BCUT2D eigenvalue weighted by Gasteiger charge is 2.34. The lowest BCUT2D eigenvalue weighted by Gasteiger charge is -2.13. The number of rotatable bonds is 7. The maximum atomic E-state index is 11.9. The van der Waals surface area contributed by atoms with Crippen molar-refractivity contribution in [1.29, 1.82) is 0 Å². The minimum absolute atomic E-state index is 0.0666. The molecule has 1 N–H and O–H groups in total. The van der Waals surface area contributed by atoms with Crippen molar-refractivity contribution in [3.8, 4) is 11.5 Å². The summed E-state index contributed by atoms with van der Waals surface area (Å²) in [5.74, 6) is 3.12. The topological polar surface area (TPSA) is 87.0 Å². The van der Waals surface area contributed by atoms with Crippen molar-refractivity contribution in [3.63, 3.8) is 0 Å². The molecular formula is C22H25BrN4O4. The minimum atomic E-state index is -0.139. The molecule has 2 atom stereocenters. The van der Waals surface area contributed by atoms with Crippen LogP contribution in [-0.2, 0) is 16.1 Å². The van der Waals surface area contributed by atoms with Crippen LogP contribution in [0.25, 0.3) is 5.52 Å². The van der Waals surface area contributed by atoms with Gasteiger partial charge in [-0.2, -0.15) is 0 Å². The number of methoxy groups -OCH3 is 3. The number of benzene rings is 1. The van der Waals surface area contributed by atoms with Crippen molar-refractivity contribution in [3.05, 3.63) is 46.6 Å². The third-order valence-electron chi connectivity index (χ3n) is 5.81. The minimum Gasteiger partial charge on any atom is -0.497 e. The van der Waals surface area contributed by atoms with Crippen molar-refractivity contribution < 1.29 is 19.0 Å². The molecule has 0 aliphatic heterocycles. The first-order valence-electron chi connectivity index (χ1n) is 10.1. The Labute approximate surface area is 189 Å². The quantitative estimate of drug-likeness (QED) is 0.499. The first-order valence-corrected chi connectivity index (χ1v) is 10.9. The van der Waals surface area contributed by atoms with Gasteiger partial charge in [-0.1, -0.05) is 0 Å². The molecule has 0 spiro atoms. The van der Waals surface area contributed by atoms with E-state index in [1.165, 1.54) is 7.11 Å². The fourth-order valence-electron chi connectivity index (χ4n) is 4.21. The van der Waals surface area contributed by atoms with E-state index in [1.807, 2.05) is 24.4 Å². The normalized spacial score (nSPS) is 18.2. The van der Waals surface area contributed by atoms with E-state index in [2.05, 4.69) is 30.6 Å². The van der Waals surface area contributed by atoms with E-state index in [0.29, 0.717) is 12.4 Å². The molecule has 0 radical (unpaired) electrons. The van der Waals surface area contributed by atoms with Crippen LogP contribution in [0.15, 0.2) is 35.2 Å². The molecule has 9 heteroatoms. The molecule has 0 saturated heterocycles. The van der Waals surface area contributed by atoms with Crippen molar-refractivity contribution in [1.82, 2.24) is 14.4 Å². The Morgan fingerprint density at radius 2 is 2.10 bits per heavy atom. The summed E-state index contributed by atoms with van der Waals surface area (Å²) in [5.41, 5.74) is 1.85. The lowest BCUT2D eigenvalue weighted by Crippen LogP contribution is -2.13. The van der Waals surface area contributed by atoms with Crippen molar-refractivity contribution in [2.75, 3.05) is 26.6 Å². The molecule has 1 aromatic carbocycles. The summed E-state index contributed by atoms with van der Waals surface area (Å²) >= 11 is 3.60. The Bertz CT molecular complexity index is 1100. The third-order valence-corrected chi connectivity index (χ3v) is 6.37. The molecule has 3 aromatic rings. The SMILES string of the molecule is COC(=O)[C@H]1CC[C@@H](c2nc(Br)c3c(NCc4ccc(OC)cc4OC)nccn23)C1. The van der Waals surface area contributed by atoms with Gasteiger partial charge in [0.05, 0.1) is 27.2 Å². The van der Waals surface area contributed by atoms with Crippen LogP contribution in [0.3, 0.4) is 0 Å². The van der Waals surface area contributed by atoms with Crippen LogP contribution >= 0.6 is 15.9 Å². The Kier molecular flexibility index (Phi) is 6.31. The molecule has 1 aliphatic carbocycles. The number of imidazole rings is 1. The van der Waals surface area contributed by atoms with Gasteiger partial charge in [-0.05, 0) is 47.3 Å². The number of carbonyl (C=O) groups is 1. The van der Waals surface area contributed by atoms with Crippen molar-refractivity contribution >= 4 is 33.2 Å². The van der Waals surface area contributed by atoms with E-state index in [9.17, 15) is 4.79 Å². The van der Waals surface area contributed by atoms with Gasteiger partial charge in [0.2, 0.25) is 0 Å². The number of nitrogens with zero attached hydrogens (tertiary/aromatic N) is 3. The second kappa shape index (κ2) is 9.13. The van der Waals surface area contributed by atoms with Crippen molar-refractivity contribution in [2.24, 2.45) is 5.92 Å². The zero-order valence-corrected chi connectivity index (χ0v) is 19.3. The van der Waals surface area contributed by atoms with Gasteiger partial charge in [-0.25, -0.2) is 9.97 Å². The van der Waals surface area contributed by atoms with E-state index in [4.69, 9.17) is 19.2 Å². The number of halogens is 1. The summed E-state index contributed by atoms with van der Waals surface area (Å²) < 4.78 is 18.5. The van der Waals surface area contributed by atoms with Gasteiger partial charge in [0.1, 0.15) is 27.4 Å². The lowest BCUT2D eigenvalue weighted by molar-refractivity contribution is -0.145. The van der Waals surface area contributed by atoms with E-state index >= 15 is 0 Å². The van der Waals surface area contributed by atoms with Gasteiger partial charge in [0, 0.05) is 36.5 Å². The lowest BCUT2D eigenvalue weighted by atomic mass is 10.0. The fraction of sp³-hybridized carbons (Fsp3) is 0.409. The van der Waals surface area contributed by atoms with Gasteiger partial charge in [0.15, 0.2) is 5.82 Å². The van der Waals surface area contributed by atoms with Crippen LogP contribution in [0.4, 0.5) is 5.82 Å². The second-order valence-corrected chi connectivity index (χ2v) is 8.27. The highest BCUT2D eigenvalue weighted by Crippen LogP contribution is 2.40. The van der Waals surface area contributed by atoms with Crippen LogP contribution in [-0.4, -0.2) is 41.7 Å². The standard InChI is InChI=1S/C22H25BrN4O4/c1-29-16-7-6-15(17(11-16)30-2)12-25-20-18-19(23)26-21(27(18)9-8-24-20)13-4-5-14(10-13)22(28)31-3/h6-9,11,13-14H,4-5,10,12H2,1-3H3,(H,24,25)/t13-,14+/m1/s1. The summed E-state index contributed by atoms with van der Waals surface area (Å²) in [6.45, 7) is 0.528. The number of esters is 1. The molecule has 2 heterocycles. The van der Waals surface area contributed by atoms with E-state index in [0.717, 1.165) is 52.3 Å². The molecule has 0 bridgehead atoms. The average molecular weight is 489 g/mol. The Morgan fingerprint density at radius 3 is 2.84 bits per heavy atom. The number of ether oxygens (including phenoxy) is 3. The average Bonchev–Trinajstić information content (AvgIpc) is 3.42. The molecule has 1 aliphatic rings. The van der Waals surface area contributed by atoms with Crippen LogP contribution in [0.2, 0.25) is 0 Å². The first kappa shape index (κ1) is 21.4. The summed E-state index contributed by atoms with van der Waals surface area (Å²) in [6, 6.07) is 5.72. The number of nitrogens with one attached hydrogen (secondary N) is 1. The molecule has 0 amide bonds. The Balaban J connectivity index is 1.59. The van der Waals surface area contributed by atoms with E-state index in [-0.39, 0.29) is 17.8 Å². The van der Waals surface area contributed by atoms with Crippen LogP contribution in [0, 0.1) is 5.92 Å². The van der Waals surface area contributed by atoms with E-state index in [1.54, 1.807) is 20.4 Å². The summed E-state index contributed by atoms with van der Waals surface area (Å²) in [7, 11) is 4.71. The summed E-state index contributed by atoms with van der Waals surface area (Å²) in [6.07, 6.45) is 6.13. The second-order valence-electron chi connectivity index (χ2n) is 7.52. The zero-order valence-electron chi connectivity index (χ0n) is 17.7. The number of anilines is 1. The predicted molar refractivity (Wildman–Crippen MR) is 120 cm³/mol. The van der Waals surface area contributed by atoms with Gasteiger partial charge < -0.3 is 19.5 Å². The first-order chi connectivity index (χ1) is 15.0. The number of aromatic nitrogens is 3. The molecule has 0 unspecified atom stereocenters. The smallest absolute Gasteiger partial charge is 0.308 e. The van der Waals surface area contributed by atoms with Gasteiger partial charge in [-0.15, -0.1) is 0 Å². The molecule has 2 aromatic heterocycles. The monoisotopic (exact) mass is 488 g/mol. The van der Waals surface area contributed by atoms with Gasteiger partial charge in [-0.3, -0.25) is 9.20 Å². The zero-order chi connectivity index (χ0) is 22.0. The molecule has 31 heavy (non-hydrogen) atoms. The third kappa shape index (κ3) is 4.19. The highest BCUT2D eigenvalue weighted by molar-refractivity contribution is 9.10. The predicted octanol–water partition coefficient (Wildman–Crippen LogP) is 4.18. The Morgan fingerprint density at radius 1 is 1.26 bits per heavy atom. The molecule has 1 saturated carbocycles.